The lowest BCUT2D eigenvalue weighted by molar-refractivity contribution is -0.139. The number of esters is 1. The van der Waals surface area contributed by atoms with Crippen LogP contribution in [0.4, 0.5) is 5.69 Å². The predicted molar refractivity (Wildman–Crippen MR) is 129 cm³/mol. The van der Waals surface area contributed by atoms with Crippen molar-refractivity contribution in [1.82, 2.24) is 4.57 Å². The molecule has 0 radical (unpaired) electrons. The molecule has 1 aliphatic heterocycles. The Balaban J connectivity index is 1.94. The Morgan fingerprint density at radius 3 is 2.61 bits per heavy atom. The number of fused-ring (bicyclic) bond motifs is 1. The number of phenolic OH excluding ortho intramolecular Hbond substituents is 1. The number of aromatic nitrogens is 1. The molecule has 1 atom stereocenters. The van der Waals surface area contributed by atoms with Gasteiger partial charge in [-0.1, -0.05) is 35.6 Å². The molecule has 2 aromatic carbocycles. The van der Waals surface area contributed by atoms with Gasteiger partial charge in [0, 0.05) is 19.8 Å². The summed E-state index contributed by atoms with van der Waals surface area (Å²) in [4.78, 5) is 33.5. The van der Waals surface area contributed by atoms with Gasteiger partial charge in [-0.3, -0.25) is 9.36 Å². The summed E-state index contributed by atoms with van der Waals surface area (Å²) >= 11 is 1.25. The number of hydrogen-bond donors (Lipinski definition) is 1. The fourth-order valence-corrected chi connectivity index (χ4v) is 4.87. The van der Waals surface area contributed by atoms with Crippen LogP contribution in [0.25, 0.3) is 6.08 Å². The maximum absolute atomic E-state index is 13.5. The average Bonchev–Trinajstić information content (AvgIpc) is 3.07. The van der Waals surface area contributed by atoms with Gasteiger partial charge in [0.15, 0.2) is 4.80 Å². The Morgan fingerprint density at radius 1 is 1.24 bits per heavy atom. The van der Waals surface area contributed by atoms with E-state index in [1.165, 1.54) is 11.3 Å². The normalized spacial score (nSPS) is 15.8. The zero-order valence-electron chi connectivity index (χ0n) is 18.9. The summed E-state index contributed by atoms with van der Waals surface area (Å²) < 4.78 is 7.35. The SMILES string of the molecule is CCOC(=O)C1=C(C)N=c2s/c(=C\c3cccc(O)c3)c(=O)n2[C@@H]1c1ccc(N(C)C)cc1. The van der Waals surface area contributed by atoms with E-state index in [0.29, 0.717) is 26.2 Å². The third-order valence-electron chi connectivity index (χ3n) is 5.41. The van der Waals surface area contributed by atoms with Gasteiger partial charge in [0.25, 0.3) is 5.56 Å². The molecule has 2 heterocycles. The lowest BCUT2D eigenvalue weighted by atomic mass is 9.95. The van der Waals surface area contributed by atoms with Crippen molar-refractivity contribution in [3.8, 4) is 5.75 Å². The van der Waals surface area contributed by atoms with E-state index in [1.807, 2.05) is 49.3 Å². The van der Waals surface area contributed by atoms with E-state index >= 15 is 0 Å². The summed E-state index contributed by atoms with van der Waals surface area (Å²) in [5.74, 6) is -0.362. The monoisotopic (exact) mass is 463 g/mol. The minimum Gasteiger partial charge on any atom is -0.508 e. The summed E-state index contributed by atoms with van der Waals surface area (Å²) in [6.45, 7) is 3.74. The van der Waals surface area contributed by atoms with E-state index in [2.05, 4.69) is 4.99 Å². The van der Waals surface area contributed by atoms with Crippen LogP contribution in [0.3, 0.4) is 0 Å². The maximum Gasteiger partial charge on any atom is 0.338 e. The molecule has 0 spiro atoms. The van der Waals surface area contributed by atoms with Gasteiger partial charge in [0.1, 0.15) is 5.75 Å². The maximum atomic E-state index is 13.5. The van der Waals surface area contributed by atoms with Gasteiger partial charge in [-0.25, -0.2) is 9.79 Å². The highest BCUT2D eigenvalue weighted by Crippen LogP contribution is 2.31. The summed E-state index contributed by atoms with van der Waals surface area (Å²) in [6.07, 6.45) is 1.72. The minimum absolute atomic E-state index is 0.121. The number of hydrogen-bond acceptors (Lipinski definition) is 7. The van der Waals surface area contributed by atoms with Crippen LogP contribution in [-0.4, -0.2) is 36.3 Å². The van der Waals surface area contributed by atoms with Gasteiger partial charge >= 0.3 is 5.97 Å². The quantitative estimate of drug-likeness (QED) is 0.588. The third kappa shape index (κ3) is 4.34. The molecule has 0 saturated heterocycles. The molecule has 4 rings (SSSR count). The van der Waals surface area contributed by atoms with Crippen molar-refractivity contribution in [2.75, 3.05) is 25.6 Å². The van der Waals surface area contributed by atoms with Crippen LogP contribution < -0.4 is 19.8 Å². The van der Waals surface area contributed by atoms with Crippen molar-refractivity contribution < 1.29 is 14.6 Å². The van der Waals surface area contributed by atoms with Crippen molar-refractivity contribution >= 4 is 29.1 Å². The molecular weight excluding hydrogens is 438 g/mol. The number of aromatic hydroxyl groups is 1. The van der Waals surface area contributed by atoms with Gasteiger partial charge in [0.2, 0.25) is 0 Å². The molecule has 0 amide bonds. The van der Waals surface area contributed by atoms with Gasteiger partial charge in [-0.2, -0.15) is 0 Å². The Hall–Kier alpha value is -3.65. The number of benzene rings is 2. The molecule has 0 bridgehead atoms. The molecule has 0 fully saturated rings. The lowest BCUT2D eigenvalue weighted by Gasteiger charge is -2.25. The van der Waals surface area contributed by atoms with Crippen molar-refractivity contribution in [3.63, 3.8) is 0 Å². The Morgan fingerprint density at radius 2 is 1.97 bits per heavy atom. The molecule has 1 aliphatic rings. The first-order valence-electron chi connectivity index (χ1n) is 10.6. The van der Waals surface area contributed by atoms with Crippen molar-refractivity contribution in [3.05, 3.63) is 90.6 Å². The van der Waals surface area contributed by atoms with Gasteiger partial charge in [-0.05, 0) is 55.3 Å². The van der Waals surface area contributed by atoms with Crippen LogP contribution >= 0.6 is 11.3 Å². The van der Waals surface area contributed by atoms with Crippen LogP contribution in [-0.2, 0) is 9.53 Å². The number of carbonyl (C=O) groups is 1. The minimum atomic E-state index is -0.650. The first-order chi connectivity index (χ1) is 15.8. The smallest absolute Gasteiger partial charge is 0.338 e. The Kier molecular flexibility index (Phi) is 6.20. The lowest BCUT2D eigenvalue weighted by Crippen LogP contribution is -2.39. The summed E-state index contributed by atoms with van der Waals surface area (Å²) in [6, 6.07) is 13.8. The second-order valence-electron chi connectivity index (χ2n) is 7.88. The van der Waals surface area contributed by atoms with E-state index in [0.717, 1.165) is 11.3 Å². The molecule has 33 heavy (non-hydrogen) atoms. The topological polar surface area (TPSA) is 84.1 Å². The van der Waals surface area contributed by atoms with Gasteiger partial charge in [0.05, 0.1) is 28.5 Å². The van der Waals surface area contributed by atoms with Crippen LogP contribution in [0.1, 0.15) is 31.0 Å². The number of rotatable bonds is 5. The van der Waals surface area contributed by atoms with Crippen molar-refractivity contribution in [2.45, 2.75) is 19.9 Å². The number of thiazole rings is 1. The fourth-order valence-electron chi connectivity index (χ4n) is 3.83. The summed E-state index contributed by atoms with van der Waals surface area (Å²) in [5.41, 5.74) is 3.13. The van der Waals surface area contributed by atoms with E-state index in [-0.39, 0.29) is 17.9 Å². The zero-order chi connectivity index (χ0) is 23.7. The number of anilines is 1. The van der Waals surface area contributed by atoms with Crippen LogP contribution in [0.5, 0.6) is 5.75 Å². The van der Waals surface area contributed by atoms with E-state index in [9.17, 15) is 14.7 Å². The zero-order valence-corrected chi connectivity index (χ0v) is 19.7. The highest BCUT2D eigenvalue weighted by atomic mass is 32.1. The number of nitrogens with zero attached hydrogens (tertiary/aromatic N) is 3. The van der Waals surface area contributed by atoms with Crippen molar-refractivity contribution in [2.24, 2.45) is 4.99 Å². The molecule has 1 aromatic heterocycles. The predicted octanol–water partition coefficient (Wildman–Crippen LogP) is 2.57. The average molecular weight is 464 g/mol. The second kappa shape index (κ2) is 9.07. The largest absolute Gasteiger partial charge is 0.508 e. The van der Waals surface area contributed by atoms with Gasteiger partial charge < -0.3 is 14.7 Å². The third-order valence-corrected chi connectivity index (χ3v) is 6.39. The van der Waals surface area contributed by atoms with Gasteiger partial charge in [-0.15, -0.1) is 0 Å². The first kappa shape index (κ1) is 22.5. The number of phenols is 1. The molecule has 170 valence electrons. The first-order valence-corrected chi connectivity index (χ1v) is 11.4. The van der Waals surface area contributed by atoms with Crippen LogP contribution in [0.2, 0.25) is 0 Å². The second-order valence-corrected chi connectivity index (χ2v) is 8.89. The summed E-state index contributed by atoms with van der Waals surface area (Å²) in [5, 5.41) is 9.78. The molecule has 3 aromatic rings. The fraction of sp³-hybridized carbons (Fsp3) is 0.240. The standard InChI is InChI=1S/C25H25N3O4S/c1-5-32-24(31)21-15(2)26-25-28(22(21)17-9-11-18(12-10-17)27(3)4)23(30)20(33-25)14-16-7-6-8-19(29)13-16/h6-14,22,29H,5H2,1-4H3/b20-14-/t22-/m1/s1. The molecule has 0 saturated carbocycles. The van der Waals surface area contributed by atoms with E-state index < -0.39 is 12.0 Å². The molecule has 8 heteroatoms. The Bertz CT molecular complexity index is 1420. The molecule has 0 unspecified atom stereocenters. The highest BCUT2D eigenvalue weighted by Gasteiger charge is 2.33. The van der Waals surface area contributed by atoms with Crippen LogP contribution in [0, 0.1) is 0 Å². The number of ether oxygens (including phenoxy) is 1. The van der Waals surface area contributed by atoms with E-state index in [4.69, 9.17) is 4.74 Å². The van der Waals surface area contributed by atoms with E-state index in [1.54, 1.807) is 42.7 Å². The molecule has 1 N–H and O–H groups in total. The number of allylic oxidation sites excluding steroid dienone is 1. The molecule has 0 aliphatic carbocycles. The summed E-state index contributed by atoms with van der Waals surface area (Å²) in [7, 11) is 3.90. The molecule has 7 nitrogen and oxygen atoms in total. The van der Waals surface area contributed by atoms with Crippen LogP contribution in [0.15, 0.2) is 69.6 Å². The Labute approximate surface area is 195 Å². The van der Waals surface area contributed by atoms with Crippen molar-refractivity contribution in [1.29, 1.82) is 0 Å². The highest BCUT2D eigenvalue weighted by molar-refractivity contribution is 7.07. The molecular formula is C25H25N3O4S. The number of carbonyl (C=O) groups excluding carboxylic acids is 1.